The minimum atomic E-state index is -0.455. The number of esters is 1. The van der Waals surface area contributed by atoms with Crippen molar-refractivity contribution in [3.8, 4) is 22.7 Å². The third kappa shape index (κ3) is 4.11. The minimum Gasteiger partial charge on any atom is -0.455 e. The largest absolute Gasteiger partial charge is 0.455 e. The molecule has 0 aliphatic rings. The van der Waals surface area contributed by atoms with Gasteiger partial charge in [0.05, 0.1) is 16.8 Å². The fourth-order valence-electron chi connectivity index (χ4n) is 3.42. The van der Waals surface area contributed by atoms with E-state index in [0.717, 1.165) is 16.5 Å². The maximum atomic E-state index is 13.0. The van der Waals surface area contributed by atoms with Gasteiger partial charge in [-0.2, -0.15) is 0 Å². The van der Waals surface area contributed by atoms with Crippen LogP contribution in [0.4, 0.5) is 0 Å². The quantitative estimate of drug-likeness (QED) is 0.289. The molecule has 0 atom stereocenters. The third-order valence-corrected chi connectivity index (χ3v) is 5.25. The van der Waals surface area contributed by atoms with Crippen LogP contribution in [0.3, 0.4) is 0 Å². The zero-order chi connectivity index (χ0) is 21.9. The lowest BCUT2D eigenvalue weighted by molar-refractivity contribution is 0.0470. The van der Waals surface area contributed by atoms with E-state index in [-0.39, 0.29) is 6.61 Å². The van der Waals surface area contributed by atoms with Gasteiger partial charge >= 0.3 is 5.97 Å². The Hall–Kier alpha value is -3.96. The van der Waals surface area contributed by atoms with E-state index in [1.54, 1.807) is 18.2 Å². The summed E-state index contributed by atoms with van der Waals surface area (Å²) in [6.07, 6.45) is 1.50. The van der Waals surface area contributed by atoms with Gasteiger partial charge in [-0.3, -0.25) is 0 Å². The van der Waals surface area contributed by atoms with Crippen molar-refractivity contribution in [2.45, 2.75) is 6.61 Å². The molecular weight excluding hydrogens is 424 g/mol. The number of pyridine rings is 1. The molecule has 5 rings (SSSR count). The van der Waals surface area contributed by atoms with Crippen LogP contribution in [-0.4, -0.2) is 15.9 Å². The molecule has 2 heterocycles. The SMILES string of the molecule is O=C(OCc1coc(-c2ccccc2)n1)c1cc(-c2ccc(Cl)cc2)nc2ccccc12. The van der Waals surface area contributed by atoms with Crippen molar-refractivity contribution in [2.75, 3.05) is 0 Å². The molecule has 0 amide bonds. The highest BCUT2D eigenvalue weighted by Gasteiger charge is 2.16. The summed E-state index contributed by atoms with van der Waals surface area (Å²) in [5.74, 6) is 0.0270. The lowest BCUT2D eigenvalue weighted by atomic mass is 10.0. The molecule has 3 aromatic carbocycles. The predicted octanol–water partition coefficient (Wildman–Crippen LogP) is 6.57. The van der Waals surface area contributed by atoms with E-state index >= 15 is 0 Å². The van der Waals surface area contributed by atoms with Gasteiger partial charge in [0.2, 0.25) is 5.89 Å². The zero-order valence-corrected chi connectivity index (χ0v) is 17.6. The van der Waals surface area contributed by atoms with Crippen molar-refractivity contribution in [1.29, 1.82) is 0 Å². The number of hydrogen-bond acceptors (Lipinski definition) is 5. The number of rotatable bonds is 5. The molecule has 0 spiro atoms. The normalized spacial score (nSPS) is 10.9. The molecule has 0 unspecified atom stereocenters. The summed E-state index contributed by atoms with van der Waals surface area (Å²) < 4.78 is 11.1. The molecule has 0 saturated carbocycles. The second kappa shape index (κ2) is 8.65. The molecular formula is C26H17ClN2O3. The van der Waals surface area contributed by atoms with Crippen molar-refractivity contribution in [1.82, 2.24) is 9.97 Å². The Morgan fingerprint density at radius 1 is 0.875 bits per heavy atom. The minimum absolute atomic E-state index is 0.00208. The van der Waals surface area contributed by atoms with E-state index in [0.29, 0.717) is 33.4 Å². The lowest BCUT2D eigenvalue weighted by Crippen LogP contribution is -2.07. The lowest BCUT2D eigenvalue weighted by Gasteiger charge is -2.10. The molecule has 0 bridgehead atoms. The number of carbonyl (C=O) groups is 1. The van der Waals surface area contributed by atoms with Gasteiger partial charge in [0.25, 0.3) is 0 Å². The fraction of sp³-hybridized carbons (Fsp3) is 0.0385. The third-order valence-electron chi connectivity index (χ3n) is 5.00. The number of benzene rings is 3. The molecule has 2 aromatic heterocycles. The van der Waals surface area contributed by atoms with Crippen molar-refractivity contribution in [3.63, 3.8) is 0 Å². The summed E-state index contributed by atoms with van der Waals surface area (Å²) in [7, 11) is 0. The summed E-state index contributed by atoms with van der Waals surface area (Å²) in [4.78, 5) is 22.1. The van der Waals surface area contributed by atoms with Crippen LogP contribution < -0.4 is 0 Å². The summed E-state index contributed by atoms with van der Waals surface area (Å²) in [6, 6.07) is 26.1. The van der Waals surface area contributed by atoms with Gasteiger partial charge in [0.1, 0.15) is 18.6 Å². The van der Waals surface area contributed by atoms with Gasteiger partial charge in [0, 0.05) is 21.5 Å². The Labute approximate surface area is 189 Å². The highest BCUT2D eigenvalue weighted by Crippen LogP contribution is 2.27. The van der Waals surface area contributed by atoms with Gasteiger partial charge in [-0.05, 0) is 36.4 Å². The highest BCUT2D eigenvalue weighted by atomic mass is 35.5. The Morgan fingerprint density at radius 3 is 2.44 bits per heavy atom. The molecule has 5 aromatic rings. The Bertz CT molecular complexity index is 1400. The first kappa shape index (κ1) is 20.0. The molecule has 32 heavy (non-hydrogen) atoms. The van der Waals surface area contributed by atoms with E-state index in [1.807, 2.05) is 66.7 Å². The summed E-state index contributed by atoms with van der Waals surface area (Å²) in [5.41, 5.74) is 4.07. The van der Waals surface area contributed by atoms with Gasteiger partial charge < -0.3 is 9.15 Å². The Balaban J connectivity index is 1.42. The van der Waals surface area contributed by atoms with E-state index < -0.39 is 5.97 Å². The van der Waals surface area contributed by atoms with Gasteiger partial charge in [-0.25, -0.2) is 14.8 Å². The Morgan fingerprint density at radius 2 is 1.62 bits per heavy atom. The summed E-state index contributed by atoms with van der Waals surface area (Å²) in [6.45, 7) is 0.00208. The number of fused-ring (bicyclic) bond motifs is 1. The number of aromatic nitrogens is 2. The number of ether oxygens (including phenoxy) is 1. The van der Waals surface area contributed by atoms with Crippen LogP contribution >= 0.6 is 11.6 Å². The molecule has 0 N–H and O–H groups in total. The van der Waals surface area contributed by atoms with Gasteiger partial charge in [-0.1, -0.05) is 60.1 Å². The second-order valence-electron chi connectivity index (χ2n) is 7.17. The monoisotopic (exact) mass is 440 g/mol. The number of hydrogen-bond donors (Lipinski definition) is 0. The van der Waals surface area contributed by atoms with Gasteiger partial charge in [-0.15, -0.1) is 0 Å². The fourth-order valence-corrected chi connectivity index (χ4v) is 3.54. The van der Waals surface area contributed by atoms with Crippen molar-refractivity contribution >= 4 is 28.5 Å². The van der Waals surface area contributed by atoms with E-state index in [1.165, 1.54) is 6.26 Å². The molecule has 6 heteroatoms. The summed E-state index contributed by atoms with van der Waals surface area (Å²) >= 11 is 6.01. The van der Waals surface area contributed by atoms with Crippen LogP contribution in [0.5, 0.6) is 0 Å². The van der Waals surface area contributed by atoms with Crippen molar-refractivity contribution in [2.24, 2.45) is 0 Å². The van der Waals surface area contributed by atoms with Crippen LogP contribution in [0.2, 0.25) is 5.02 Å². The topological polar surface area (TPSA) is 65.2 Å². The second-order valence-corrected chi connectivity index (χ2v) is 7.60. The Kier molecular flexibility index (Phi) is 5.40. The maximum Gasteiger partial charge on any atom is 0.339 e. The van der Waals surface area contributed by atoms with Crippen molar-refractivity contribution in [3.05, 3.63) is 107 Å². The smallest absolute Gasteiger partial charge is 0.339 e. The molecule has 0 aliphatic heterocycles. The predicted molar refractivity (Wildman–Crippen MR) is 123 cm³/mol. The molecule has 0 aliphatic carbocycles. The number of carbonyl (C=O) groups excluding carboxylic acids is 1. The first-order valence-electron chi connectivity index (χ1n) is 10.00. The van der Waals surface area contributed by atoms with Gasteiger partial charge in [0.15, 0.2) is 0 Å². The van der Waals surface area contributed by atoms with Crippen LogP contribution in [0, 0.1) is 0 Å². The molecule has 5 nitrogen and oxygen atoms in total. The van der Waals surface area contributed by atoms with E-state index in [9.17, 15) is 4.79 Å². The average Bonchev–Trinajstić information content (AvgIpc) is 3.32. The first-order valence-corrected chi connectivity index (χ1v) is 10.4. The number of nitrogens with zero attached hydrogens (tertiary/aromatic N) is 2. The van der Waals surface area contributed by atoms with Crippen LogP contribution in [0.25, 0.3) is 33.6 Å². The number of halogens is 1. The molecule has 0 radical (unpaired) electrons. The number of oxazole rings is 1. The van der Waals surface area contributed by atoms with Crippen LogP contribution in [-0.2, 0) is 11.3 Å². The summed E-state index contributed by atoms with van der Waals surface area (Å²) in [5, 5.41) is 1.36. The maximum absolute atomic E-state index is 13.0. The van der Waals surface area contributed by atoms with E-state index in [2.05, 4.69) is 4.98 Å². The van der Waals surface area contributed by atoms with Crippen LogP contribution in [0.15, 0.2) is 95.6 Å². The number of para-hydroxylation sites is 1. The van der Waals surface area contributed by atoms with E-state index in [4.69, 9.17) is 25.7 Å². The van der Waals surface area contributed by atoms with Crippen LogP contribution in [0.1, 0.15) is 16.1 Å². The zero-order valence-electron chi connectivity index (χ0n) is 16.9. The highest BCUT2D eigenvalue weighted by molar-refractivity contribution is 6.30. The van der Waals surface area contributed by atoms with Crippen molar-refractivity contribution < 1.29 is 13.9 Å². The standard InChI is InChI=1S/C26H17ClN2O3/c27-19-12-10-17(11-13-19)24-14-22(21-8-4-5-9-23(21)29-24)26(30)32-16-20-15-31-25(28-20)18-6-2-1-3-7-18/h1-15H,16H2. The molecule has 0 saturated heterocycles. The average molecular weight is 441 g/mol. The molecule has 156 valence electrons. The molecule has 0 fully saturated rings. The first-order chi connectivity index (χ1) is 15.7.